The van der Waals surface area contributed by atoms with Gasteiger partial charge in [-0.1, -0.05) is 51.1 Å². The number of benzene rings is 1. The Balaban J connectivity index is 1.62. The summed E-state index contributed by atoms with van der Waals surface area (Å²) in [6.45, 7) is 9.50. The molecule has 3 fully saturated rings. The molecule has 0 aromatic heterocycles. The predicted octanol–water partition coefficient (Wildman–Crippen LogP) is 2.63. The quantitative estimate of drug-likeness (QED) is 0.387. The lowest BCUT2D eigenvalue weighted by Gasteiger charge is -2.66. The highest BCUT2D eigenvalue weighted by atomic mass is 16.7. The smallest absolute Gasteiger partial charge is 0.338 e. The van der Waals surface area contributed by atoms with Crippen LogP contribution >= 0.6 is 0 Å². The molecule has 1 aromatic rings. The Labute approximate surface area is 252 Å². The van der Waals surface area contributed by atoms with Crippen LogP contribution in [-0.4, -0.2) is 102 Å². The molecule has 10 nitrogen and oxygen atoms in total. The van der Waals surface area contributed by atoms with Gasteiger partial charge in [0.15, 0.2) is 11.9 Å². The van der Waals surface area contributed by atoms with Crippen molar-refractivity contribution in [2.24, 2.45) is 16.7 Å². The molecule has 1 unspecified atom stereocenters. The Bertz CT molecular complexity index is 1360. The summed E-state index contributed by atoms with van der Waals surface area (Å²) < 4.78 is 32.0. The molecule has 0 radical (unpaired) electrons. The molecule has 5 aliphatic rings. The molecule has 2 saturated heterocycles. The molecule has 6 rings (SSSR count). The topological polar surface area (TPSA) is 124 Å². The zero-order valence-electron chi connectivity index (χ0n) is 25.9. The van der Waals surface area contributed by atoms with E-state index < -0.39 is 76.7 Å². The third kappa shape index (κ3) is 4.36. The van der Waals surface area contributed by atoms with Gasteiger partial charge in [-0.3, -0.25) is 4.79 Å². The molecule has 234 valence electrons. The SMILES string of the molecule is CC(=O)O[C@@]12COC1C=C[C@@]1(C)[C@@H]3O[C@H](CN(C)C)O[C@@H]3C3=C(C)[C@@H](O)C[C@@](O)([C@@H](OC(=O)c4ccccc4)[C@@H]12)C3(C)C. The number of fused-ring (bicyclic) bond motifs is 8. The van der Waals surface area contributed by atoms with Crippen LogP contribution in [0.4, 0.5) is 0 Å². The lowest BCUT2D eigenvalue weighted by molar-refractivity contribution is -0.316. The van der Waals surface area contributed by atoms with Gasteiger partial charge in [0.2, 0.25) is 0 Å². The molecule has 10 atom stereocenters. The predicted molar refractivity (Wildman–Crippen MR) is 155 cm³/mol. The first-order valence-corrected chi connectivity index (χ1v) is 15.0. The third-order valence-corrected chi connectivity index (χ3v) is 10.6. The van der Waals surface area contributed by atoms with Crippen molar-refractivity contribution in [3.8, 4) is 0 Å². The van der Waals surface area contributed by atoms with E-state index in [0.717, 1.165) is 5.57 Å². The number of rotatable bonds is 5. The largest absolute Gasteiger partial charge is 0.455 e. The first kappa shape index (κ1) is 30.4. The molecular formula is C33H43NO9. The zero-order chi connectivity index (χ0) is 31.1. The van der Waals surface area contributed by atoms with Gasteiger partial charge in [0.1, 0.15) is 30.0 Å². The number of carbonyl (C=O) groups is 2. The van der Waals surface area contributed by atoms with Gasteiger partial charge in [0, 0.05) is 30.7 Å². The lowest BCUT2D eigenvalue weighted by Crippen LogP contribution is -2.78. The van der Waals surface area contributed by atoms with Gasteiger partial charge >= 0.3 is 11.9 Å². The molecule has 1 saturated carbocycles. The van der Waals surface area contributed by atoms with Crippen LogP contribution in [0.15, 0.2) is 53.6 Å². The van der Waals surface area contributed by atoms with Crippen molar-refractivity contribution in [2.75, 3.05) is 27.2 Å². The lowest BCUT2D eigenvalue weighted by atomic mass is 9.46. The Hall–Kier alpha value is -2.60. The standard InChI is InChI=1S/C33H43NO9/c1-18-21(36)15-33(38)28(42-29(37)20-11-9-8-10-12-20)26-31(5,14-13-22-32(26,17-39-22)43-19(2)35)27-25(24(18)30(33,3)4)40-23(41-27)16-34(6)7/h8-14,21-23,25-28,36,38H,15-17H2,1-7H3/t21-,22?,23+,25+,26-,27+,28-,31+,32-,33+/m0/s1. The van der Waals surface area contributed by atoms with Crippen LogP contribution in [0.3, 0.4) is 0 Å². The second-order valence-corrected chi connectivity index (χ2v) is 13.8. The summed E-state index contributed by atoms with van der Waals surface area (Å²) in [6, 6.07) is 8.59. The van der Waals surface area contributed by atoms with Crippen LogP contribution in [0, 0.1) is 16.7 Å². The average Bonchev–Trinajstić information content (AvgIpc) is 3.32. The summed E-state index contributed by atoms with van der Waals surface area (Å²) in [5, 5.41) is 24.6. The molecule has 2 bridgehead atoms. The van der Waals surface area contributed by atoms with E-state index in [-0.39, 0.29) is 13.0 Å². The van der Waals surface area contributed by atoms with Crippen molar-refractivity contribution >= 4 is 11.9 Å². The fourth-order valence-corrected chi connectivity index (χ4v) is 8.46. The van der Waals surface area contributed by atoms with Crippen LogP contribution in [-0.2, 0) is 28.5 Å². The van der Waals surface area contributed by atoms with Crippen molar-refractivity contribution in [1.82, 2.24) is 4.90 Å². The van der Waals surface area contributed by atoms with Gasteiger partial charge in [0.05, 0.1) is 24.2 Å². The maximum Gasteiger partial charge on any atom is 0.338 e. The molecule has 0 spiro atoms. The van der Waals surface area contributed by atoms with Crippen LogP contribution in [0.5, 0.6) is 0 Å². The van der Waals surface area contributed by atoms with E-state index in [0.29, 0.717) is 17.7 Å². The normalized spacial score (nSPS) is 42.6. The van der Waals surface area contributed by atoms with Crippen LogP contribution in [0.2, 0.25) is 0 Å². The van der Waals surface area contributed by atoms with E-state index in [9.17, 15) is 19.8 Å². The highest BCUT2D eigenvalue weighted by Gasteiger charge is 2.76. The minimum atomic E-state index is -1.80. The number of hydrogen-bond donors (Lipinski definition) is 2. The number of aliphatic hydroxyl groups is 2. The Morgan fingerprint density at radius 3 is 2.42 bits per heavy atom. The number of ether oxygens (including phenoxy) is 5. The second kappa shape index (κ2) is 10.2. The highest BCUT2D eigenvalue weighted by Crippen LogP contribution is 2.65. The molecule has 2 N–H and O–H groups in total. The van der Waals surface area contributed by atoms with Gasteiger partial charge < -0.3 is 38.8 Å². The van der Waals surface area contributed by atoms with Crippen molar-refractivity contribution in [2.45, 2.75) is 89.1 Å². The van der Waals surface area contributed by atoms with E-state index in [1.807, 2.05) is 58.8 Å². The van der Waals surface area contributed by atoms with Gasteiger partial charge in [-0.25, -0.2) is 4.79 Å². The van der Waals surface area contributed by atoms with Crippen molar-refractivity contribution < 1.29 is 43.5 Å². The molecule has 2 aliphatic heterocycles. The highest BCUT2D eigenvalue weighted by molar-refractivity contribution is 5.89. The molecular weight excluding hydrogens is 554 g/mol. The summed E-state index contributed by atoms with van der Waals surface area (Å²) >= 11 is 0. The van der Waals surface area contributed by atoms with Crippen LogP contribution < -0.4 is 0 Å². The van der Waals surface area contributed by atoms with Crippen molar-refractivity contribution in [1.29, 1.82) is 0 Å². The van der Waals surface area contributed by atoms with Crippen LogP contribution in [0.25, 0.3) is 0 Å². The first-order valence-electron chi connectivity index (χ1n) is 15.0. The molecule has 3 aliphatic carbocycles. The molecule has 10 heteroatoms. The fraction of sp³-hybridized carbons (Fsp3) is 0.636. The van der Waals surface area contributed by atoms with Crippen LogP contribution in [0.1, 0.15) is 51.4 Å². The first-order chi connectivity index (χ1) is 20.2. The average molecular weight is 598 g/mol. The van der Waals surface area contributed by atoms with Gasteiger partial charge in [-0.05, 0) is 44.3 Å². The minimum Gasteiger partial charge on any atom is -0.455 e. The third-order valence-electron chi connectivity index (χ3n) is 10.6. The van der Waals surface area contributed by atoms with Gasteiger partial charge in [-0.2, -0.15) is 0 Å². The summed E-state index contributed by atoms with van der Waals surface area (Å²) in [5.41, 5.74) is -3.36. The van der Waals surface area contributed by atoms with Crippen molar-refractivity contribution in [3.05, 3.63) is 59.2 Å². The second-order valence-electron chi connectivity index (χ2n) is 13.8. The number of hydrogen-bond acceptors (Lipinski definition) is 10. The van der Waals surface area contributed by atoms with Crippen molar-refractivity contribution in [3.63, 3.8) is 0 Å². The Morgan fingerprint density at radius 2 is 1.81 bits per heavy atom. The maximum atomic E-state index is 13.9. The summed E-state index contributed by atoms with van der Waals surface area (Å²) in [4.78, 5) is 28.5. The molecule has 43 heavy (non-hydrogen) atoms. The minimum absolute atomic E-state index is 0.0430. The van der Waals surface area contributed by atoms with E-state index in [2.05, 4.69) is 0 Å². The van der Waals surface area contributed by atoms with Gasteiger partial charge in [0.25, 0.3) is 0 Å². The number of nitrogens with zero attached hydrogens (tertiary/aromatic N) is 1. The monoisotopic (exact) mass is 597 g/mol. The van der Waals surface area contributed by atoms with Gasteiger partial charge in [-0.15, -0.1) is 0 Å². The van der Waals surface area contributed by atoms with E-state index in [1.54, 1.807) is 30.3 Å². The summed E-state index contributed by atoms with van der Waals surface area (Å²) in [6.07, 6.45) is -1.03. The summed E-state index contributed by atoms with van der Waals surface area (Å²) in [5.74, 6) is -1.97. The van der Waals surface area contributed by atoms with E-state index >= 15 is 0 Å². The zero-order valence-corrected chi connectivity index (χ0v) is 25.9. The molecule has 1 aromatic carbocycles. The number of likely N-dealkylation sites (N-methyl/N-ethyl adjacent to an activating group) is 1. The molecule has 0 amide bonds. The Morgan fingerprint density at radius 1 is 1.12 bits per heavy atom. The Kier molecular flexibility index (Phi) is 7.23. The maximum absolute atomic E-state index is 13.9. The number of aliphatic hydroxyl groups excluding tert-OH is 1. The van der Waals surface area contributed by atoms with E-state index in [4.69, 9.17) is 23.7 Å². The van der Waals surface area contributed by atoms with E-state index in [1.165, 1.54) is 6.92 Å². The fourth-order valence-electron chi connectivity index (χ4n) is 8.46. The number of esters is 2. The summed E-state index contributed by atoms with van der Waals surface area (Å²) in [7, 11) is 3.86. The number of carbonyl (C=O) groups excluding carboxylic acids is 2. The molecule has 2 heterocycles.